The zero-order valence-electron chi connectivity index (χ0n) is 24.2. The number of hydrogen-bond acceptors (Lipinski definition) is 11. The van der Waals surface area contributed by atoms with E-state index in [0.29, 0.717) is 6.07 Å². The molecule has 0 spiro atoms. The molecule has 280 valence electrons. The summed E-state index contributed by atoms with van der Waals surface area (Å²) >= 11 is 4.77. The second-order valence-corrected chi connectivity index (χ2v) is 17.7. The summed E-state index contributed by atoms with van der Waals surface area (Å²) in [6, 6.07) is 5.07. The molecule has 0 saturated carbocycles. The molecule has 0 saturated heterocycles. The van der Waals surface area contributed by atoms with Gasteiger partial charge in [0.1, 0.15) is 17.2 Å². The molecule has 0 amide bonds. The van der Waals surface area contributed by atoms with Crippen LogP contribution in [0.5, 0.6) is 28.7 Å². The van der Waals surface area contributed by atoms with E-state index in [1.54, 1.807) is 45.2 Å². The lowest BCUT2D eigenvalue weighted by Crippen LogP contribution is -2.29. The van der Waals surface area contributed by atoms with Crippen molar-refractivity contribution < 1.29 is 86.8 Å². The normalized spacial score (nSPS) is 13.4. The Hall–Kier alpha value is -2.19. The van der Waals surface area contributed by atoms with Crippen molar-refractivity contribution >= 4 is 120 Å². The third-order valence-electron chi connectivity index (χ3n) is 6.31. The van der Waals surface area contributed by atoms with Crippen LogP contribution in [0.3, 0.4) is 0 Å². The minimum atomic E-state index is -6.71. The number of ether oxygens (including phenoxy) is 2. The van der Waals surface area contributed by atoms with Crippen LogP contribution in [0, 0.1) is 10.7 Å². The zero-order valence-corrected chi connectivity index (χ0v) is 33.1. The SMILES string of the molecule is COc1cc(I)c2cc(I)cc(OS(=O)(=O)C(F)(F)F)c2c1-c1c(OC)cc(I)c2cc(OS(=O)(=O)C(F)(F)F)cc(OS(=O)(=O)C(F)(F)F)c12. The van der Waals surface area contributed by atoms with Crippen molar-refractivity contribution in [3.8, 4) is 39.9 Å². The molecule has 0 heterocycles. The van der Waals surface area contributed by atoms with Gasteiger partial charge in [-0.3, -0.25) is 0 Å². The van der Waals surface area contributed by atoms with E-state index >= 15 is 0 Å². The van der Waals surface area contributed by atoms with Gasteiger partial charge >= 0.3 is 46.9 Å². The second-order valence-electron chi connectivity index (χ2n) is 9.49. The Morgan fingerprint density at radius 3 is 1.22 bits per heavy atom. The third-order valence-corrected chi connectivity index (χ3v) is 11.6. The molecule has 4 rings (SSSR count). The molecule has 0 radical (unpaired) electrons. The van der Waals surface area contributed by atoms with Crippen molar-refractivity contribution in [3.05, 3.63) is 47.1 Å². The van der Waals surface area contributed by atoms with Crippen LogP contribution in [0.4, 0.5) is 39.5 Å². The highest BCUT2D eigenvalue weighted by Crippen LogP contribution is 2.53. The Morgan fingerprint density at radius 2 is 0.843 bits per heavy atom. The van der Waals surface area contributed by atoms with Crippen molar-refractivity contribution in [1.82, 2.24) is 0 Å². The maximum Gasteiger partial charge on any atom is 0.534 e. The van der Waals surface area contributed by atoms with Gasteiger partial charge in [0.05, 0.1) is 14.2 Å². The highest BCUT2D eigenvalue weighted by atomic mass is 127. The Morgan fingerprint density at radius 1 is 0.490 bits per heavy atom. The Balaban J connectivity index is 2.34. The van der Waals surface area contributed by atoms with Crippen LogP contribution in [-0.4, -0.2) is 56.0 Å². The van der Waals surface area contributed by atoms with Crippen molar-refractivity contribution in [2.45, 2.75) is 16.5 Å². The predicted molar refractivity (Wildman–Crippen MR) is 185 cm³/mol. The van der Waals surface area contributed by atoms with Crippen molar-refractivity contribution in [2.24, 2.45) is 0 Å². The van der Waals surface area contributed by atoms with Gasteiger partial charge in [-0.2, -0.15) is 64.8 Å². The molecule has 0 aliphatic carbocycles. The van der Waals surface area contributed by atoms with Crippen LogP contribution >= 0.6 is 67.8 Å². The first-order valence-corrected chi connectivity index (χ1v) is 19.9. The summed E-state index contributed by atoms with van der Waals surface area (Å²) in [6.07, 6.45) is 0. The molecule has 4 aromatic rings. The first-order valence-electron chi connectivity index (χ1n) is 12.4. The van der Waals surface area contributed by atoms with Crippen molar-refractivity contribution in [1.29, 1.82) is 0 Å². The lowest BCUT2D eigenvalue weighted by molar-refractivity contribution is -0.0505. The number of halogens is 12. The standard InChI is InChI=1S/C25H12F9I3O11S3/c1-44-15-7-13(36)11-3-9(35)4-17(47-50(40,41)24(29,30)31)19(11)21(15)22-16(45-2)8-14(37)12-5-10(46-49(38,39)23(26,27)28)6-18(20(12)22)48-51(42,43)25(32,33)34/h3-8H,1-2H3. The molecule has 0 aromatic heterocycles. The number of fused-ring (bicyclic) bond motifs is 2. The van der Waals surface area contributed by atoms with E-state index in [-0.39, 0.29) is 27.9 Å². The molecule has 4 aromatic carbocycles. The van der Waals surface area contributed by atoms with Gasteiger partial charge in [0.2, 0.25) is 0 Å². The van der Waals surface area contributed by atoms with E-state index in [1.807, 2.05) is 0 Å². The minimum absolute atomic E-state index is 0.0546. The number of benzene rings is 4. The summed E-state index contributed by atoms with van der Waals surface area (Å²) in [6.45, 7) is 0. The van der Waals surface area contributed by atoms with Crippen LogP contribution in [0.1, 0.15) is 0 Å². The summed E-state index contributed by atoms with van der Waals surface area (Å²) in [5, 5.41) is -1.94. The molecule has 0 fully saturated rings. The first kappa shape index (κ1) is 41.6. The molecule has 0 aliphatic rings. The van der Waals surface area contributed by atoms with E-state index in [9.17, 15) is 64.8 Å². The molecule has 51 heavy (non-hydrogen) atoms. The highest BCUT2D eigenvalue weighted by molar-refractivity contribution is 14.1. The van der Waals surface area contributed by atoms with Crippen LogP contribution in [0.2, 0.25) is 0 Å². The van der Waals surface area contributed by atoms with E-state index in [0.717, 1.165) is 26.4 Å². The monoisotopic (exact) mass is 1140 g/mol. The second kappa shape index (κ2) is 13.9. The summed E-state index contributed by atoms with van der Waals surface area (Å²) in [4.78, 5) is 0. The zero-order chi connectivity index (χ0) is 38.9. The van der Waals surface area contributed by atoms with Gasteiger partial charge in [0.25, 0.3) is 0 Å². The molecule has 0 N–H and O–H groups in total. The Labute approximate surface area is 321 Å². The van der Waals surface area contributed by atoms with E-state index in [4.69, 9.17) is 9.47 Å². The van der Waals surface area contributed by atoms with Crippen LogP contribution in [0.15, 0.2) is 36.4 Å². The number of methoxy groups -OCH3 is 2. The van der Waals surface area contributed by atoms with Gasteiger partial charge in [0, 0.05) is 49.4 Å². The minimum Gasteiger partial charge on any atom is -0.496 e. The van der Waals surface area contributed by atoms with Crippen molar-refractivity contribution in [2.75, 3.05) is 14.2 Å². The fourth-order valence-corrected chi connectivity index (χ4v) is 7.72. The fraction of sp³-hybridized carbons (Fsp3) is 0.200. The molecule has 0 aliphatic heterocycles. The Bertz CT molecular complexity index is 2420. The average Bonchev–Trinajstić information content (AvgIpc) is 2.95. The quantitative estimate of drug-likeness (QED) is 0.0692. The van der Waals surface area contributed by atoms with Gasteiger partial charge in [-0.15, -0.1) is 0 Å². The number of rotatable bonds is 9. The summed E-state index contributed by atoms with van der Waals surface area (Å²) in [5.41, 5.74) is -19.3. The van der Waals surface area contributed by atoms with Gasteiger partial charge in [-0.1, -0.05) is 0 Å². The molecular formula is C25H12F9I3O11S3. The first-order chi connectivity index (χ1) is 23.1. The van der Waals surface area contributed by atoms with Gasteiger partial charge in [-0.05, 0) is 98.1 Å². The molecule has 26 heteroatoms. The topological polar surface area (TPSA) is 149 Å². The van der Waals surface area contributed by atoms with E-state index in [2.05, 4.69) is 12.5 Å². The highest BCUT2D eigenvalue weighted by Gasteiger charge is 2.51. The van der Waals surface area contributed by atoms with Crippen LogP contribution < -0.4 is 22.0 Å². The lowest BCUT2D eigenvalue weighted by atomic mass is 9.91. The van der Waals surface area contributed by atoms with Crippen molar-refractivity contribution in [3.63, 3.8) is 0 Å². The van der Waals surface area contributed by atoms with Gasteiger partial charge in [-0.25, -0.2) is 0 Å². The summed E-state index contributed by atoms with van der Waals surface area (Å²) < 4.78 is 218. The summed E-state index contributed by atoms with van der Waals surface area (Å²) in [7, 11) is -17.6. The molecule has 0 atom stereocenters. The maximum absolute atomic E-state index is 13.6. The van der Waals surface area contributed by atoms with Gasteiger partial charge < -0.3 is 22.0 Å². The van der Waals surface area contributed by atoms with E-state index in [1.165, 1.54) is 34.7 Å². The fourth-order valence-electron chi connectivity index (χ4n) is 4.34. The molecular weight excluding hydrogens is 1120 g/mol. The Kier molecular flexibility index (Phi) is 11.3. The maximum atomic E-state index is 13.6. The summed E-state index contributed by atoms with van der Waals surface area (Å²) in [5.74, 6) is -4.73. The molecule has 0 unspecified atom stereocenters. The number of alkyl halides is 9. The predicted octanol–water partition coefficient (Wildman–Crippen LogP) is 8.18. The number of hydrogen-bond donors (Lipinski definition) is 0. The van der Waals surface area contributed by atoms with E-state index < -0.39 is 97.2 Å². The lowest BCUT2D eigenvalue weighted by Gasteiger charge is -2.23. The van der Waals surface area contributed by atoms with Crippen LogP contribution in [-0.2, 0) is 30.4 Å². The largest absolute Gasteiger partial charge is 0.534 e. The smallest absolute Gasteiger partial charge is 0.496 e. The third kappa shape index (κ3) is 8.03. The molecule has 11 nitrogen and oxygen atoms in total. The molecule has 0 bridgehead atoms. The van der Waals surface area contributed by atoms with Gasteiger partial charge in [0.15, 0.2) is 11.5 Å². The van der Waals surface area contributed by atoms with Crippen LogP contribution in [0.25, 0.3) is 32.7 Å². The average molecular weight is 1140 g/mol.